The summed E-state index contributed by atoms with van der Waals surface area (Å²) >= 11 is 0. The van der Waals surface area contributed by atoms with E-state index in [2.05, 4.69) is 5.32 Å². The monoisotopic (exact) mass is 531 g/mol. The number of amides is 1. The van der Waals surface area contributed by atoms with Crippen LogP contribution < -0.4 is 25.9 Å². The highest BCUT2D eigenvalue weighted by atomic mass is 32.2. The van der Waals surface area contributed by atoms with E-state index >= 15 is 0 Å². The number of carbonyl (C=O) groups is 1. The minimum atomic E-state index is -4.23. The lowest BCUT2D eigenvalue weighted by molar-refractivity contribution is -0.121. The fraction of sp³-hybridized carbons (Fsp3) is 0.500. The summed E-state index contributed by atoms with van der Waals surface area (Å²) in [5, 5.41) is 3.87. The number of rotatable bonds is 14. The minimum absolute atomic E-state index is 0.0265. The molecule has 1 aromatic rings. The number of unbranched alkanes of at least 4 members (excludes halogenated alkanes) is 2. The molecule has 11 heteroatoms. The number of nitrogens with two attached hydrogens (primary N) is 1. The molecular formula is C26H37N5O5S. The molecule has 1 aliphatic heterocycles. The third-order valence-corrected chi connectivity index (χ3v) is 7.02. The first-order chi connectivity index (χ1) is 17.7. The molecule has 2 aliphatic rings. The van der Waals surface area contributed by atoms with Crippen LogP contribution in [0.15, 0.2) is 40.8 Å². The minimum Gasteiger partial charge on any atom is -0.748 e. The topological polar surface area (TPSA) is 145 Å². The van der Waals surface area contributed by atoms with Gasteiger partial charge in [-0.3, -0.25) is 4.79 Å². The van der Waals surface area contributed by atoms with Crippen LogP contribution in [0.1, 0.15) is 39.0 Å². The van der Waals surface area contributed by atoms with Crippen LogP contribution in [0.5, 0.6) is 0 Å². The Labute approximate surface area is 218 Å². The van der Waals surface area contributed by atoms with Gasteiger partial charge in [-0.2, -0.15) is 0 Å². The van der Waals surface area contributed by atoms with Crippen LogP contribution >= 0.6 is 0 Å². The number of anilines is 1. The SMILES string of the molecule is CCN(CCCS(=O)(=O)[O-])c1ccc2nc3ccc(=[N+](C)CCC(=O)NCCCCCN)cc-3oc2c1. The molecule has 1 aromatic carbocycles. The lowest BCUT2D eigenvalue weighted by atomic mass is 10.2. The molecule has 3 N–H and O–H groups in total. The van der Waals surface area contributed by atoms with Crippen LogP contribution in [0.2, 0.25) is 0 Å². The summed E-state index contributed by atoms with van der Waals surface area (Å²) < 4.78 is 41.0. The largest absolute Gasteiger partial charge is 0.748 e. The smallest absolute Gasteiger partial charge is 0.226 e. The van der Waals surface area contributed by atoms with Crippen LogP contribution in [-0.2, 0) is 14.9 Å². The zero-order chi connectivity index (χ0) is 26.8. The van der Waals surface area contributed by atoms with Crippen molar-refractivity contribution in [3.05, 3.63) is 41.8 Å². The second kappa shape index (κ2) is 13.5. The van der Waals surface area contributed by atoms with Crippen molar-refractivity contribution in [3.63, 3.8) is 0 Å². The highest BCUT2D eigenvalue weighted by Gasteiger charge is 2.14. The van der Waals surface area contributed by atoms with Gasteiger partial charge in [0.25, 0.3) is 0 Å². The summed E-state index contributed by atoms with van der Waals surface area (Å²) in [6, 6.07) is 11.4. The van der Waals surface area contributed by atoms with E-state index in [1.807, 2.05) is 59.8 Å². The summed E-state index contributed by atoms with van der Waals surface area (Å²) in [5.74, 6) is 0.262. The summed E-state index contributed by atoms with van der Waals surface area (Å²) in [4.78, 5) is 18.9. The first kappa shape index (κ1) is 28.5. The van der Waals surface area contributed by atoms with Gasteiger partial charge < -0.3 is 24.9 Å². The van der Waals surface area contributed by atoms with E-state index < -0.39 is 10.1 Å². The third kappa shape index (κ3) is 8.80. The number of hydrogen-bond donors (Lipinski definition) is 2. The molecule has 0 radical (unpaired) electrons. The Hall–Kier alpha value is -3.02. The highest BCUT2D eigenvalue weighted by Crippen LogP contribution is 2.27. The van der Waals surface area contributed by atoms with Crippen LogP contribution in [-0.4, -0.2) is 69.4 Å². The fourth-order valence-electron chi connectivity index (χ4n) is 4.10. The van der Waals surface area contributed by atoms with Crippen molar-refractivity contribution in [3.8, 4) is 11.5 Å². The molecule has 10 nitrogen and oxygen atoms in total. The Balaban J connectivity index is 1.74. The molecule has 0 saturated heterocycles. The predicted molar refractivity (Wildman–Crippen MR) is 144 cm³/mol. The Morgan fingerprint density at radius 2 is 1.97 bits per heavy atom. The summed E-state index contributed by atoms with van der Waals surface area (Å²) in [7, 11) is -2.30. The molecule has 1 amide bonds. The van der Waals surface area contributed by atoms with Gasteiger partial charge in [0.15, 0.2) is 17.9 Å². The molecule has 0 fully saturated rings. The molecule has 0 saturated carbocycles. The molecule has 0 atom stereocenters. The van der Waals surface area contributed by atoms with Crippen LogP contribution in [0, 0.1) is 0 Å². The van der Waals surface area contributed by atoms with E-state index in [4.69, 9.17) is 15.1 Å². The van der Waals surface area contributed by atoms with Crippen molar-refractivity contribution in [2.24, 2.45) is 5.73 Å². The second-order valence-electron chi connectivity index (χ2n) is 9.08. The maximum atomic E-state index is 12.2. The van der Waals surface area contributed by atoms with Gasteiger partial charge >= 0.3 is 0 Å². The van der Waals surface area contributed by atoms with Gasteiger partial charge in [-0.25, -0.2) is 18.0 Å². The van der Waals surface area contributed by atoms with E-state index in [0.717, 1.165) is 36.0 Å². The van der Waals surface area contributed by atoms with Crippen molar-refractivity contribution in [2.75, 3.05) is 50.4 Å². The molecule has 0 aromatic heterocycles. The molecular weight excluding hydrogens is 494 g/mol. The number of benzene rings is 2. The number of carbonyl (C=O) groups excluding carboxylic acids is 1. The van der Waals surface area contributed by atoms with Crippen LogP contribution in [0.25, 0.3) is 22.6 Å². The lowest BCUT2D eigenvalue weighted by Crippen LogP contribution is -2.32. The average molecular weight is 532 g/mol. The third-order valence-electron chi connectivity index (χ3n) is 6.23. The lowest BCUT2D eigenvalue weighted by Gasteiger charge is -2.23. The molecule has 202 valence electrons. The Morgan fingerprint density at radius 1 is 1.16 bits per heavy atom. The number of nitrogens with zero attached hydrogens (tertiary/aromatic N) is 3. The standard InChI is InChI=1S/C26H37N5O5S/c1-3-31(15-7-17-37(33,34)35)21-9-11-23-25(19-21)36-24-18-20(8-10-22(24)29-23)30(2)16-12-26(32)28-14-6-4-5-13-27/h8-11,18-19H,3-7,12-17,27H2,1-2H3,(H-,28,32,33,34,35). The quantitative estimate of drug-likeness (QED) is 0.138. The van der Waals surface area contributed by atoms with Crippen molar-refractivity contribution in [1.82, 2.24) is 14.9 Å². The summed E-state index contributed by atoms with van der Waals surface area (Å²) in [5.41, 5.74) is 8.39. The van der Waals surface area contributed by atoms with Gasteiger partial charge in [0.1, 0.15) is 18.3 Å². The van der Waals surface area contributed by atoms with E-state index in [9.17, 15) is 17.8 Å². The van der Waals surface area contributed by atoms with Crippen molar-refractivity contribution in [2.45, 2.75) is 39.0 Å². The predicted octanol–water partition coefficient (Wildman–Crippen LogP) is 1.73. The molecule has 3 rings (SSSR count). The molecule has 0 bridgehead atoms. The van der Waals surface area contributed by atoms with E-state index in [1.165, 1.54) is 0 Å². The molecule has 1 aliphatic carbocycles. The molecule has 0 unspecified atom stereocenters. The summed E-state index contributed by atoms with van der Waals surface area (Å²) in [6.07, 6.45) is 3.58. The molecule has 0 spiro atoms. The first-order valence-electron chi connectivity index (χ1n) is 12.7. The number of aromatic nitrogens is 1. The second-order valence-corrected chi connectivity index (χ2v) is 10.6. The van der Waals surface area contributed by atoms with Gasteiger partial charge in [0, 0.05) is 43.2 Å². The molecule has 37 heavy (non-hydrogen) atoms. The van der Waals surface area contributed by atoms with Gasteiger partial charge in [0.05, 0.1) is 22.6 Å². The Bertz CT molecular complexity index is 1340. The highest BCUT2D eigenvalue weighted by molar-refractivity contribution is 7.85. The van der Waals surface area contributed by atoms with E-state index in [1.54, 1.807) is 0 Å². The van der Waals surface area contributed by atoms with Crippen LogP contribution in [0.3, 0.4) is 0 Å². The Kier molecular flexibility index (Phi) is 10.4. The molecule has 1 heterocycles. The van der Waals surface area contributed by atoms with Gasteiger partial charge in [0.2, 0.25) is 11.3 Å². The van der Waals surface area contributed by atoms with Crippen molar-refractivity contribution >= 4 is 32.8 Å². The Morgan fingerprint density at radius 3 is 2.70 bits per heavy atom. The number of fused-ring (bicyclic) bond motifs is 2. The van der Waals surface area contributed by atoms with E-state index in [0.29, 0.717) is 56.0 Å². The van der Waals surface area contributed by atoms with Gasteiger partial charge in [-0.15, -0.1) is 0 Å². The fourth-order valence-corrected chi connectivity index (χ4v) is 4.58. The van der Waals surface area contributed by atoms with Gasteiger partial charge in [-0.1, -0.05) is 6.42 Å². The van der Waals surface area contributed by atoms with Crippen molar-refractivity contribution < 1.29 is 22.2 Å². The summed E-state index contributed by atoms with van der Waals surface area (Å²) in [6.45, 7) is 4.98. The number of nitrogens with one attached hydrogen (secondary N) is 1. The normalized spacial score (nSPS) is 12.6. The maximum absolute atomic E-state index is 12.2. The first-order valence-corrected chi connectivity index (χ1v) is 14.3. The van der Waals surface area contributed by atoms with Gasteiger partial charge in [-0.05, 0) is 50.9 Å². The average Bonchev–Trinajstić information content (AvgIpc) is 2.87. The van der Waals surface area contributed by atoms with Crippen LogP contribution in [0.4, 0.5) is 5.69 Å². The zero-order valence-corrected chi connectivity index (χ0v) is 22.4. The maximum Gasteiger partial charge on any atom is 0.226 e. The zero-order valence-electron chi connectivity index (χ0n) is 21.6. The van der Waals surface area contributed by atoms with Crippen molar-refractivity contribution in [1.29, 1.82) is 0 Å². The number of hydrogen-bond acceptors (Lipinski definition) is 8. The van der Waals surface area contributed by atoms with E-state index in [-0.39, 0.29) is 18.1 Å².